The second kappa shape index (κ2) is 3.26. The molecular formula is C9H10N2O3. The number of aliphatic hydroxyl groups is 1. The van der Waals surface area contributed by atoms with Crippen LogP contribution in [0.4, 0.5) is 5.82 Å². The highest BCUT2D eigenvalue weighted by Gasteiger charge is 2.23. The van der Waals surface area contributed by atoms with Gasteiger partial charge in [0.05, 0.1) is 0 Å². The molecule has 1 aromatic heterocycles. The van der Waals surface area contributed by atoms with Crippen molar-refractivity contribution in [3.05, 3.63) is 17.8 Å². The van der Waals surface area contributed by atoms with Crippen molar-refractivity contribution in [3.63, 3.8) is 0 Å². The molecule has 1 N–H and O–H groups in total. The van der Waals surface area contributed by atoms with E-state index in [2.05, 4.69) is 4.98 Å². The van der Waals surface area contributed by atoms with Gasteiger partial charge < -0.3 is 14.7 Å². The van der Waals surface area contributed by atoms with Crippen LogP contribution in [-0.4, -0.2) is 36.3 Å². The minimum Gasteiger partial charge on any atom is -0.485 e. The molecule has 0 aliphatic carbocycles. The number of likely N-dealkylation sites (N-methyl/N-ethyl adjacent to an activating group) is 1. The van der Waals surface area contributed by atoms with Crippen LogP contribution in [0.15, 0.2) is 12.1 Å². The van der Waals surface area contributed by atoms with Crippen LogP contribution >= 0.6 is 0 Å². The molecule has 14 heavy (non-hydrogen) atoms. The monoisotopic (exact) mass is 194 g/mol. The number of nitrogens with zero attached hydrogens (tertiary/aromatic N) is 2. The molecule has 1 aliphatic heterocycles. The van der Waals surface area contributed by atoms with Gasteiger partial charge in [0.2, 0.25) is 0 Å². The third kappa shape index (κ3) is 1.31. The van der Waals surface area contributed by atoms with E-state index < -0.39 is 6.23 Å². The molecule has 2 rings (SSSR count). The minimum absolute atomic E-state index is 0.214. The standard InChI is InChI=1S/C9H10N2O3/c1-11-8(13)5-14-7-3-2-6(4-12)10-9(7)11/h2-4,8,13H,5H2,1H3. The number of aliphatic hydroxyl groups excluding tert-OH is 1. The van der Waals surface area contributed by atoms with E-state index in [1.54, 1.807) is 24.1 Å². The van der Waals surface area contributed by atoms with Crippen molar-refractivity contribution in [3.8, 4) is 5.75 Å². The van der Waals surface area contributed by atoms with Gasteiger partial charge in [-0.3, -0.25) is 4.79 Å². The Morgan fingerprint density at radius 1 is 1.71 bits per heavy atom. The molecule has 0 bridgehead atoms. The maximum atomic E-state index is 10.5. The number of anilines is 1. The summed E-state index contributed by atoms with van der Waals surface area (Å²) >= 11 is 0. The van der Waals surface area contributed by atoms with Gasteiger partial charge in [-0.1, -0.05) is 0 Å². The number of carbonyl (C=O) groups excluding carboxylic acids is 1. The highest BCUT2D eigenvalue weighted by molar-refractivity contribution is 5.74. The molecule has 74 valence electrons. The van der Waals surface area contributed by atoms with Crippen LogP contribution < -0.4 is 9.64 Å². The summed E-state index contributed by atoms with van der Waals surface area (Å²) in [4.78, 5) is 16.1. The lowest BCUT2D eigenvalue weighted by Gasteiger charge is -2.31. The van der Waals surface area contributed by atoms with Crippen molar-refractivity contribution in [1.82, 2.24) is 4.98 Å². The van der Waals surface area contributed by atoms with E-state index in [9.17, 15) is 9.90 Å². The fourth-order valence-corrected chi connectivity index (χ4v) is 1.30. The van der Waals surface area contributed by atoms with Crippen LogP contribution in [0, 0.1) is 0 Å². The molecule has 0 fully saturated rings. The molecule has 0 radical (unpaired) electrons. The number of ether oxygens (including phenoxy) is 1. The number of hydrogen-bond acceptors (Lipinski definition) is 5. The summed E-state index contributed by atoms with van der Waals surface area (Å²) in [7, 11) is 1.70. The third-order valence-electron chi connectivity index (χ3n) is 2.15. The Bertz CT molecular complexity index is 367. The van der Waals surface area contributed by atoms with Crippen LogP contribution in [0.2, 0.25) is 0 Å². The lowest BCUT2D eigenvalue weighted by molar-refractivity contribution is 0.0940. The van der Waals surface area contributed by atoms with Crippen molar-refractivity contribution in [2.75, 3.05) is 18.6 Å². The van der Waals surface area contributed by atoms with Gasteiger partial charge >= 0.3 is 0 Å². The average Bonchev–Trinajstić information content (AvgIpc) is 2.23. The van der Waals surface area contributed by atoms with Crippen molar-refractivity contribution in [2.45, 2.75) is 6.23 Å². The molecule has 5 heteroatoms. The van der Waals surface area contributed by atoms with Crippen molar-refractivity contribution < 1.29 is 14.6 Å². The van der Waals surface area contributed by atoms with E-state index >= 15 is 0 Å². The number of hydrogen-bond donors (Lipinski definition) is 1. The normalized spacial score (nSPS) is 19.9. The SMILES string of the molecule is CN1c2nc(C=O)ccc2OCC1O. The van der Waals surface area contributed by atoms with E-state index in [-0.39, 0.29) is 6.61 Å². The predicted molar refractivity (Wildman–Crippen MR) is 49.5 cm³/mol. The molecule has 1 aliphatic rings. The lowest BCUT2D eigenvalue weighted by Crippen LogP contribution is -2.40. The van der Waals surface area contributed by atoms with Gasteiger partial charge in [-0.05, 0) is 12.1 Å². The molecule has 1 atom stereocenters. The van der Waals surface area contributed by atoms with E-state index in [1.807, 2.05) is 0 Å². The average molecular weight is 194 g/mol. The highest BCUT2D eigenvalue weighted by Crippen LogP contribution is 2.29. The number of pyridine rings is 1. The predicted octanol–water partition coefficient (Wildman–Crippen LogP) is 0.0411. The van der Waals surface area contributed by atoms with Crippen molar-refractivity contribution >= 4 is 12.1 Å². The second-order valence-corrected chi connectivity index (χ2v) is 3.08. The van der Waals surface area contributed by atoms with Crippen LogP contribution in [0.3, 0.4) is 0 Å². The quantitative estimate of drug-likeness (QED) is 0.639. The lowest BCUT2D eigenvalue weighted by atomic mass is 10.3. The molecule has 2 heterocycles. The minimum atomic E-state index is -0.711. The molecule has 0 spiro atoms. The Balaban J connectivity index is 2.45. The Labute approximate surface area is 80.9 Å². The molecular weight excluding hydrogens is 184 g/mol. The van der Waals surface area contributed by atoms with Gasteiger partial charge in [-0.25, -0.2) is 4.98 Å². The van der Waals surface area contributed by atoms with E-state index in [1.165, 1.54) is 0 Å². The highest BCUT2D eigenvalue weighted by atomic mass is 16.5. The van der Waals surface area contributed by atoms with Gasteiger partial charge in [0.1, 0.15) is 12.3 Å². The van der Waals surface area contributed by atoms with Crippen LogP contribution in [-0.2, 0) is 0 Å². The zero-order valence-corrected chi connectivity index (χ0v) is 7.67. The largest absolute Gasteiger partial charge is 0.485 e. The van der Waals surface area contributed by atoms with Crippen LogP contribution in [0.5, 0.6) is 5.75 Å². The summed E-state index contributed by atoms with van der Waals surface area (Å²) in [5.41, 5.74) is 0.327. The summed E-state index contributed by atoms with van der Waals surface area (Å²) in [6, 6.07) is 3.26. The molecule has 1 unspecified atom stereocenters. The first-order chi connectivity index (χ1) is 6.72. The smallest absolute Gasteiger partial charge is 0.173 e. The molecule has 0 aromatic carbocycles. The Morgan fingerprint density at radius 3 is 3.21 bits per heavy atom. The first-order valence-corrected chi connectivity index (χ1v) is 4.22. The Morgan fingerprint density at radius 2 is 2.50 bits per heavy atom. The first kappa shape index (κ1) is 8.96. The number of aldehydes is 1. The van der Waals surface area contributed by atoms with E-state index in [0.29, 0.717) is 23.5 Å². The zero-order chi connectivity index (χ0) is 10.1. The molecule has 1 aromatic rings. The molecule has 0 amide bonds. The van der Waals surface area contributed by atoms with Crippen LogP contribution in [0.1, 0.15) is 10.5 Å². The summed E-state index contributed by atoms with van der Waals surface area (Å²) in [6.07, 6.45) is -0.0494. The fourth-order valence-electron chi connectivity index (χ4n) is 1.30. The Kier molecular flexibility index (Phi) is 2.09. The number of aromatic nitrogens is 1. The van der Waals surface area contributed by atoms with E-state index in [0.717, 1.165) is 0 Å². The second-order valence-electron chi connectivity index (χ2n) is 3.08. The number of carbonyl (C=O) groups is 1. The number of rotatable bonds is 1. The summed E-state index contributed by atoms with van der Waals surface area (Å²) in [5, 5.41) is 9.46. The van der Waals surface area contributed by atoms with Gasteiger partial charge in [0.15, 0.2) is 24.1 Å². The first-order valence-electron chi connectivity index (χ1n) is 4.22. The number of fused-ring (bicyclic) bond motifs is 1. The maximum Gasteiger partial charge on any atom is 0.173 e. The molecule has 0 saturated heterocycles. The summed E-state index contributed by atoms with van der Waals surface area (Å²) in [5.74, 6) is 1.08. The topological polar surface area (TPSA) is 62.7 Å². The van der Waals surface area contributed by atoms with Gasteiger partial charge in [-0.15, -0.1) is 0 Å². The van der Waals surface area contributed by atoms with E-state index in [4.69, 9.17) is 4.74 Å². The van der Waals surface area contributed by atoms with Gasteiger partial charge in [0.25, 0.3) is 0 Å². The summed E-state index contributed by atoms with van der Waals surface area (Å²) in [6.45, 7) is 0.214. The van der Waals surface area contributed by atoms with Gasteiger partial charge in [-0.2, -0.15) is 0 Å². The summed E-state index contributed by atoms with van der Waals surface area (Å²) < 4.78 is 5.24. The Hall–Kier alpha value is -1.62. The van der Waals surface area contributed by atoms with Gasteiger partial charge in [0, 0.05) is 7.05 Å². The molecule has 0 saturated carbocycles. The van der Waals surface area contributed by atoms with Crippen molar-refractivity contribution in [2.24, 2.45) is 0 Å². The maximum absolute atomic E-state index is 10.5. The van der Waals surface area contributed by atoms with Crippen molar-refractivity contribution in [1.29, 1.82) is 0 Å². The zero-order valence-electron chi connectivity index (χ0n) is 7.67. The third-order valence-corrected chi connectivity index (χ3v) is 2.15. The molecule has 5 nitrogen and oxygen atoms in total. The van der Waals surface area contributed by atoms with Crippen LogP contribution in [0.25, 0.3) is 0 Å². The fraction of sp³-hybridized carbons (Fsp3) is 0.333.